The van der Waals surface area contributed by atoms with Gasteiger partial charge in [-0.25, -0.2) is 0 Å². The maximum absolute atomic E-state index is 12.2. The summed E-state index contributed by atoms with van der Waals surface area (Å²) < 4.78 is 36.6. The van der Waals surface area contributed by atoms with Gasteiger partial charge in [0.25, 0.3) is 0 Å². The van der Waals surface area contributed by atoms with E-state index in [1.807, 2.05) is 0 Å². The Balaban J connectivity index is 2.26. The van der Waals surface area contributed by atoms with Crippen LogP contribution in [-0.2, 0) is 0 Å². The summed E-state index contributed by atoms with van der Waals surface area (Å²) >= 11 is 0. The maximum Gasteiger partial charge on any atom is 0.401 e. The van der Waals surface area contributed by atoms with E-state index in [0.29, 0.717) is 31.1 Å². The summed E-state index contributed by atoms with van der Waals surface area (Å²) in [4.78, 5) is 1.50. The van der Waals surface area contributed by atoms with E-state index in [2.05, 4.69) is 26.1 Å². The predicted molar refractivity (Wildman–Crippen MR) is 63.0 cm³/mol. The zero-order chi connectivity index (χ0) is 13.1. The lowest BCUT2D eigenvalue weighted by Gasteiger charge is -2.34. The van der Waals surface area contributed by atoms with Crippen molar-refractivity contribution in [1.82, 2.24) is 10.2 Å². The molecule has 2 nitrogen and oxygen atoms in total. The lowest BCUT2D eigenvalue weighted by Crippen LogP contribution is -2.48. The maximum atomic E-state index is 12.2. The normalized spacial score (nSPS) is 22.1. The van der Waals surface area contributed by atoms with Crippen molar-refractivity contribution in [3.63, 3.8) is 0 Å². The molecule has 1 aliphatic rings. The average Bonchev–Trinajstić information content (AvgIpc) is 2.18. The molecule has 0 bridgehead atoms. The molecule has 0 aromatic rings. The standard InChI is InChI=1S/C12H23F3N2/c1-9(2)10(3)16-11-4-6-17(7-5-11)8-12(13,14)15/h9-11,16H,4-8H2,1-3H3. The van der Waals surface area contributed by atoms with Gasteiger partial charge in [-0.05, 0) is 38.8 Å². The van der Waals surface area contributed by atoms with E-state index in [4.69, 9.17) is 0 Å². The van der Waals surface area contributed by atoms with Gasteiger partial charge < -0.3 is 5.32 Å². The second-order valence-electron chi connectivity index (χ2n) is 5.36. The topological polar surface area (TPSA) is 15.3 Å². The Morgan fingerprint density at radius 3 is 2.12 bits per heavy atom. The largest absolute Gasteiger partial charge is 0.401 e. The number of hydrogen-bond donors (Lipinski definition) is 1. The van der Waals surface area contributed by atoms with Crippen molar-refractivity contribution in [1.29, 1.82) is 0 Å². The number of nitrogens with zero attached hydrogens (tertiary/aromatic N) is 1. The van der Waals surface area contributed by atoms with E-state index in [0.717, 1.165) is 12.8 Å². The lowest BCUT2D eigenvalue weighted by molar-refractivity contribution is -0.148. The average molecular weight is 252 g/mol. The summed E-state index contributed by atoms with van der Waals surface area (Å²) in [6.07, 6.45) is -2.44. The fourth-order valence-corrected chi connectivity index (χ4v) is 2.08. The molecule has 1 N–H and O–H groups in total. The minimum atomic E-state index is -4.06. The first-order chi connectivity index (χ1) is 7.78. The molecule has 1 saturated heterocycles. The quantitative estimate of drug-likeness (QED) is 0.827. The molecule has 0 saturated carbocycles. The third-order valence-corrected chi connectivity index (χ3v) is 3.49. The molecule has 0 radical (unpaired) electrons. The number of halogens is 3. The smallest absolute Gasteiger partial charge is 0.311 e. The van der Waals surface area contributed by atoms with Crippen molar-refractivity contribution in [2.75, 3.05) is 19.6 Å². The molecule has 0 spiro atoms. The summed E-state index contributed by atoms with van der Waals surface area (Å²) in [5.41, 5.74) is 0. The molecule has 102 valence electrons. The van der Waals surface area contributed by atoms with Crippen molar-refractivity contribution >= 4 is 0 Å². The van der Waals surface area contributed by atoms with Crippen LogP contribution < -0.4 is 5.32 Å². The Labute approximate surface area is 102 Å². The Bertz CT molecular complexity index is 220. The molecule has 0 aliphatic carbocycles. The summed E-state index contributed by atoms with van der Waals surface area (Å²) in [5.74, 6) is 0.559. The third-order valence-electron chi connectivity index (χ3n) is 3.49. The fraction of sp³-hybridized carbons (Fsp3) is 1.00. The molecule has 1 atom stereocenters. The lowest BCUT2D eigenvalue weighted by atomic mass is 10.0. The monoisotopic (exact) mass is 252 g/mol. The minimum absolute atomic E-state index is 0.372. The number of hydrogen-bond acceptors (Lipinski definition) is 2. The molecule has 0 amide bonds. The van der Waals surface area contributed by atoms with Crippen LogP contribution in [0.15, 0.2) is 0 Å². The minimum Gasteiger partial charge on any atom is -0.311 e. The van der Waals surface area contributed by atoms with Crippen molar-refractivity contribution in [2.24, 2.45) is 5.92 Å². The molecule has 17 heavy (non-hydrogen) atoms. The van der Waals surface area contributed by atoms with E-state index in [-0.39, 0.29) is 0 Å². The van der Waals surface area contributed by atoms with E-state index in [1.54, 1.807) is 0 Å². The van der Waals surface area contributed by atoms with Crippen LogP contribution in [0.25, 0.3) is 0 Å². The molecular formula is C12H23F3N2. The molecule has 1 unspecified atom stereocenters. The first-order valence-electron chi connectivity index (χ1n) is 6.33. The highest BCUT2D eigenvalue weighted by molar-refractivity contribution is 4.81. The zero-order valence-corrected chi connectivity index (χ0v) is 10.8. The zero-order valence-electron chi connectivity index (χ0n) is 10.8. The number of likely N-dealkylation sites (tertiary alicyclic amines) is 1. The Hall–Kier alpha value is -0.290. The van der Waals surface area contributed by atoms with Crippen LogP contribution in [0.1, 0.15) is 33.6 Å². The first-order valence-corrected chi connectivity index (χ1v) is 6.33. The summed E-state index contributed by atoms with van der Waals surface area (Å²) in [6, 6.07) is 0.797. The number of alkyl halides is 3. The highest BCUT2D eigenvalue weighted by atomic mass is 19.4. The van der Waals surface area contributed by atoms with Gasteiger partial charge in [0.1, 0.15) is 0 Å². The highest BCUT2D eigenvalue weighted by Gasteiger charge is 2.32. The number of piperidine rings is 1. The Morgan fingerprint density at radius 2 is 1.71 bits per heavy atom. The second-order valence-corrected chi connectivity index (χ2v) is 5.36. The van der Waals surface area contributed by atoms with E-state index in [9.17, 15) is 13.2 Å². The molecule has 1 aliphatic heterocycles. The van der Waals surface area contributed by atoms with Crippen molar-refractivity contribution in [3.8, 4) is 0 Å². The van der Waals surface area contributed by atoms with E-state index < -0.39 is 12.7 Å². The van der Waals surface area contributed by atoms with E-state index >= 15 is 0 Å². The molecule has 1 rings (SSSR count). The Morgan fingerprint density at radius 1 is 1.18 bits per heavy atom. The van der Waals surface area contributed by atoms with Crippen LogP contribution in [0.3, 0.4) is 0 Å². The first kappa shape index (κ1) is 14.8. The molecule has 5 heteroatoms. The second kappa shape index (κ2) is 6.05. The molecule has 0 aromatic heterocycles. The van der Waals surface area contributed by atoms with E-state index in [1.165, 1.54) is 4.90 Å². The van der Waals surface area contributed by atoms with Gasteiger partial charge in [-0.1, -0.05) is 13.8 Å². The molecule has 1 heterocycles. The van der Waals surface area contributed by atoms with Crippen LogP contribution >= 0.6 is 0 Å². The fourth-order valence-electron chi connectivity index (χ4n) is 2.08. The molecule has 1 fully saturated rings. The van der Waals surface area contributed by atoms with Crippen LogP contribution in [0.4, 0.5) is 13.2 Å². The van der Waals surface area contributed by atoms with Crippen LogP contribution in [-0.4, -0.2) is 42.8 Å². The predicted octanol–water partition coefficient (Wildman–Crippen LogP) is 2.65. The van der Waals surface area contributed by atoms with Gasteiger partial charge in [0, 0.05) is 12.1 Å². The van der Waals surface area contributed by atoms with Gasteiger partial charge in [0.2, 0.25) is 0 Å². The number of nitrogens with one attached hydrogen (secondary N) is 1. The molecular weight excluding hydrogens is 229 g/mol. The van der Waals surface area contributed by atoms with Crippen LogP contribution in [0.5, 0.6) is 0 Å². The van der Waals surface area contributed by atoms with Crippen molar-refractivity contribution in [3.05, 3.63) is 0 Å². The van der Waals surface area contributed by atoms with Gasteiger partial charge in [-0.3, -0.25) is 4.90 Å². The SMILES string of the molecule is CC(C)C(C)NC1CCN(CC(F)(F)F)CC1. The van der Waals surface area contributed by atoms with Gasteiger partial charge in [0.05, 0.1) is 6.54 Å². The Kier molecular flexibility index (Phi) is 5.25. The van der Waals surface area contributed by atoms with Gasteiger partial charge in [-0.15, -0.1) is 0 Å². The van der Waals surface area contributed by atoms with Crippen molar-refractivity contribution in [2.45, 2.75) is 51.9 Å². The van der Waals surface area contributed by atoms with Crippen molar-refractivity contribution < 1.29 is 13.2 Å². The summed E-state index contributed by atoms with van der Waals surface area (Å²) in [6.45, 7) is 6.75. The van der Waals surface area contributed by atoms with Gasteiger partial charge in [0.15, 0.2) is 0 Å². The van der Waals surface area contributed by atoms with Gasteiger partial charge in [-0.2, -0.15) is 13.2 Å². The summed E-state index contributed by atoms with van der Waals surface area (Å²) in [7, 11) is 0. The summed E-state index contributed by atoms with van der Waals surface area (Å²) in [5, 5.41) is 3.49. The van der Waals surface area contributed by atoms with Gasteiger partial charge >= 0.3 is 6.18 Å². The number of rotatable bonds is 4. The highest BCUT2D eigenvalue weighted by Crippen LogP contribution is 2.20. The van der Waals surface area contributed by atoms with Crippen LogP contribution in [0, 0.1) is 5.92 Å². The third kappa shape index (κ3) is 5.73. The van der Waals surface area contributed by atoms with Crippen LogP contribution in [0.2, 0.25) is 0 Å². The molecule has 0 aromatic carbocycles.